The van der Waals surface area contributed by atoms with Crippen LogP contribution in [0.4, 0.5) is 13.2 Å². The van der Waals surface area contributed by atoms with Gasteiger partial charge in [0, 0.05) is 36.0 Å². The Kier molecular flexibility index (Phi) is 7.82. The number of halogens is 3. The average molecular weight is 528 g/mol. The summed E-state index contributed by atoms with van der Waals surface area (Å²) in [5.41, 5.74) is 4.90. The first kappa shape index (κ1) is 26.5. The van der Waals surface area contributed by atoms with Gasteiger partial charge in [0.25, 0.3) is 5.91 Å². The fourth-order valence-electron chi connectivity index (χ4n) is 3.78. The van der Waals surface area contributed by atoms with Gasteiger partial charge in [-0.15, -0.1) is 0 Å². The predicted octanol–water partition coefficient (Wildman–Crippen LogP) is 4.22. The summed E-state index contributed by atoms with van der Waals surface area (Å²) < 4.78 is 66.3. The minimum atomic E-state index is -1.17. The summed E-state index contributed by atoms with van der Waals surface area (Å²) in [6, 6.07) is 6.56. The summed E-state index contributed by atoms with van der Waals surface area (Å²) in [5, 5.41) is 3.39. The standard InChI is InChI=1S/C26H23F3N4O5/c1-31-6-7-37-21-11-18-14(10-20(21)35-2)19(4-5-32-18)38-24-16(27)8-13(9-17(24)28)15-12-33-25(29)22(26(30)34)23(15)36-3/h4-5,8-12,31H,6-7H2,1-3H3,(H2,30,34). The molecule has 198 valence electrons. The van der Waals surface area contributed by atoms with Crippen LogP contribution in [0.25, 0.3) is 22.0 Å². The molecule has 0 spiro atoms. The fourth-order valence-corrected chi connectivity index (χ4v) is 3.78. The van der Waals surface area contributed by atoms with Crippen LogP contribution in [-0.2, 0) is 0 Å². The molecule has 38 heavy (non-hydrogen) atoms. The number of primary amides is 1. The van der Waals surface area contributed by atoms with Gasteiger partial charge in [-0.25, -0.2) is 13.8 Å². The Hall–Kier alpha value is -4.58. The minimum Gasteiger partial charge on any atom is -0.495 e. The van der Waals surface area contributed by atoms with E-state index in [-0.39, 0.29) is 22.6 Å². The first-order chi connectivity index (χ1) is 18.3. The molecule has 0 aliphatic carbocycles. The van der Waals surface area contributed by atoms with Crippen molar-refractivity contribution in [1.82, 2.24) is 15.3 Å². The lowest BCUT2D eigenvalue weighted by molar-refractivity contribution is 0.0992. The first-order valence-electron chi connectivity index (χ1n) is 11.2. The Balaban J connectivity index is 1.74. The van der Waals surface area contributed by atoms with E-state index in [1.54, 1.807) is 19.2 Å². The molecule has 0 radical (unpaired) electrons. The maximum atomic E-state index is 15.2. The third-order valence-electron chi connectivity index (χ3n) is 5.55. The molecular weight excluding hydrogens is 505 g/mol. The highest BCUT2D eigenvalue weighted by Gasteiger charge is 2.24. The molecule has 0 fully saturated rings. The Morgan fingerprint density at radius 3 is 2.34 bits per heavy atom. The molecule has 0 saturated heterocycles. The highest BCUT2D eigenvalue weighted by Crippen LogP contribution is 2.40. The molecule has 0 bridgehead atoms. The van der Waals surface area contributed by atoms with Crippen LogP contribution >= 0.6 is 0 Å². The molecule has 0 atom stereocenters. The van der Waals surface area contributed by atoms with E-state index < -0.39 is 34.8 Å². The molecule has 0 saturated carbocycles. The van der Waals surface area contributed by atoms with E-state index in [1.165, 1.54) is 19.4 Å². The van der Waals surface area contributed by atoms with Gasteiger partial charge in [-0.1, -0.05) is 0 Å². The zero-order chi connectivity index (χ0) is 27.4. The zero-order valence-corrected chi connectivity index (χ0v) is 20.6. The summed E-state index contributed by atoms with van der Waals surface area (Å²) in [5.74, 6) is -4.54. The van der Waals surface area contributed by atoms with Gasteiger partial charge in [-0.2, -0.15) is 4.39 Å². The SMILES string of the molecule is CNCCOc1cc2nccc(Oc3c(F)cc(-c4cnc(F)c(C(N)=O)c4OC)cc3F)c2cc1OC. The third kappa shape index (κ3) is 5.11. The van der Waals surface area contributed by atoms with Crippen LogP contribution in [-0.4, -0.2) is 50.3 Å². The minimum absolute atomic E-state index is 0.0445. The van der Waals surface area contributed by atoms with Gasteiger partial charge in [0.1, 0.15) is 23.7 Å². The average Bonchev–Trinajstić information content (AvgIpc) is 2.89. The number of aromatic nitrogens is 2. The highest BCUT2D eigenvalue weighted by molar-refractivity contribution is 5.98. The number of rotatable bonds is 10. The first-order valence-corrected chi connectivity index (χ1v) is 11.2. The van der Waals surface area contributed by atoms with Crippen molar-refractivity contribution in [1.29, 1.82) is 0 Å². The summed E-state index contributed by atoms with van der Waals surface area (Å²) in [6.45, 7) is 0.989. The van der Waals surface area contributed by atoms with Crippen LogP contribution in [0.3, 0.4) is 0 Å². The number of hydrogen-bond donors (Lipinski definition) is 2. The number of nitrogens with zero attached hydrogens (tertiary/aromatic N) is 2. The number of amides is 1. The Morgan fingerprint density at radius 2 is 1.71 bits per heavy atom. The van der Waals surface area contributed by atoms with Crippen molar-refractivity contribution in [2.75, 3.05) is 34.4 Å². The molecule has 4 rings (SSSR count). The van der Waals surface area contributed by atoms with E-state index in [9.17, 15) is 9.18 Å². The molecule has 2 aromatic carbocycles. The van der Waals surface area contributed by atoms with E-state index in [2.05, 4.69) is 15.3 Å². The quantitative estimate of drug-likeness (QED) is 0.232. The van der Waals surface area contributed by atoms with Gasteiger partial charge in [-0.05, 0) is 36.9 Å². The summed E-state index contributed by atoms with van der Waals surface area (Å²) in [7, 11) is 4.42. The van der Waals surface area contributed by atoms with Crippen molar-refractivity contribution in [3.63, 3.8) is 0 Å². The van der Waals surface area contributed by atoms with Crippen LogP contribution in [0.2, 0.25) is 0 Å². The number of nitrogens with one attached hydrogen (secondary N) is 1. The lowest BCUT2D eigenvalue weighted by atomic mass is 10.0. The van der Waals surface area contributed by atoms with Gasteiger partial charge < -0.3 is 30.0 Å². The molecule has 0 aliphatic rings. The number of pyridine rings is 2. The molecule has 9 nitrogen and oxygen atoms in total. The van der Waals surface area contributed by atoms with E-state index in [0.717, 1.165) is 25.4 Å². The van der Waals surface area contributed by atoms with Gasteiger partial charge in [0.05, 0.1) is 19.7 Å². The lowest BCUT2D eigenvalue weighted by Gasteiger charge is -2.15. The smallest absolute Gasteiger partial charge is 0.257 e. The van der Waals surface area contributed by atoms with Gasteiger partial charge in [0.15, 0.2) is 28.9 Å². The number of carbonyl (C=O) groups is 1. The Bertz CT molecular complexity index is 1490. The zero-order valence-electron chi connectivity index (χ0n) is 20.6. The molecule has 0 unspecified atom stereocenters. The van der Waals surface area contributed by atoms with Crippen molar-refractivity contribution in [2.45, 2.75) is 0 Å². The van der Waals surface area contributed by atoms with Crippen molar-refractivity contribution < 1.29 is 36.9 Å². The van der Waals surface area contributed by atoms with E-state index >= 15 is 8.78 Å². The summed E-state index contributed by atoms with van der Waals surface area (Å²) in [4.78, 5) is 19.4. The van der Waals surface area contributed by atoms with E-state index in [0.29, 0.717) is 35.6 Å². The second-order valence-corrected chi connectivity index (χ2v) is 7.89. The van der Waals surface area contributed by atoms with E-state index in [1.807, 2.05) is 0 Å². The topological polar surface area (TPSA) is 118 Å². The second kappa shape index (κ2) is 11.2. The fraction of sp³-hybridized carbons (Fsp3) is 0.192. The maximum absolute atomic E-state index is 15.2. The number of fused-ring (bicyclic) bond motifs is 1. The van der Waals surface area contributed by atoms with Crippen molar-refractivity contribution in [3.8, 4) is 39.9 Å². The summed E-state index contributed by atoms with van der Waals surface area (Å²) >= 11 is 0. The maximum Gasteiger partial charge on any atom is 0.257 e. The number of hydrogen-bond acceptors (Lipinski definition) is 8. The lowest BCUT2D eigenvalue weighted by Crippen LogP contribution is -2.16. The van der Waals surface area contributed by atoms with Crippen molar-refractivity contribution in [3.05, 3.63) is 65.9 Å². The third-order valence-corrected chi connectivity index (χ3v) is 5.55. The van der Waals surface area contributed by atoms with Crippen molar-refractivity contribution >= 4 is 16.8 Å². The largest absolute Gasteiger partial charge is 0.495 e. The Morgan fingerprint density at radius 1 is 0.974 bits per heavy atom. The Labute approximate surface area is 215 Å². The van der Waals surface area contributed by atoms with Crippen LogP contribution in [0, 0.1) is 17.6 Å². The molecule has 0 aliphatic heterocycles. The van der Waals surface area contributed by atoms with Gasteiger partial charge in [-0.3, -0.25) is 9.78 Å². The highest BCUT2D eigenvalue weighted by atomic mass is 19.1. The molecule has 1 amide bonds. The molecular formula is C26H23F3N4O5. The molecule has 3 N–H and O–H groups in total. The number of nitrogens with two attached hydrogens (primary N) is 1. The van der Waals surface area contributed by atoms with Gasteiger partial charge in [0.2, 0.25) is 5.95 Å². The number of likely N-dealkylation sites (N-methyl/N-ethyl adjacent to an activating group) is 1. The van der Waals surface area contributed by atoms with Crippen molar-refractivity contribution in [2.24, 2.45) is 5.73 Å². The number of benzene rings is 2. The molecule has 2 aromatic heterocycles. The number of carbonyl (C=O) groups excluding carboxylic acids is 1. The van der Waals surface area contributed by atoms with Crippen LogP contribution in [0.1, 0.15) is 10.4 Å². The van der Waals surface area contributed by atoms with Crippen LogP contribution in [0.5, 0.6) is 28.7 Å². The molecule has 4 aromatic rings. The number of methoxy groups -OCH3 is 2. The second-order valence-electron chi connectivity index (χ2n) is 7.89. The van der Waals surface area contributed by atoms with Crippen LogP contribution in [0.15, 0.2) is 42.7 Å². The number of ether oxygens (including phenoxy) is 4. The monoisotopic (exact) mass is 528 g/mol. The molecule has 2 heterocycles. The summed E-state index contributed by atoms with van der Waals surface area (Å²) in [6.07, 6.45) is 2.40. The van der Waals surface area contributed by atoms with Crippen LogP contribution < -0.4 is 30.0 Å². The normalized spacial score (nSPS) is 10.9. The van der Waals surface area contributed by atoms with E-state index in [4.69, 9.17) is 24.7 Å². The predicted molar refractivity (Wildman–Crippen MR) is 132 cm³/mol. The van der Waals surface area contributed by atoms with Gasteiger partial charge >= 0.3 is 0 Å². The molecule has 12 heteroatoms.